The lowest BCUT2D eigenvalue weighted by molar-refractivity contribution is 0.0905. The van der Waals surface area contributed by atoms with Gasteiger partial charge >= 0.3 is 0 Å². The van der Waals surface area contributed by atoms with Crippen LogP contribution in [0, 0.1) is 0 Å². The molecule has 20 heavy (non-hydrogen) atoms. The fourth-order valence-corrected chi connectivity index (χ4v) is 1.81. The lowest BCUT2D eigenvalue weighted by Gasteiger charge is -2.09. The molecule has 6 nitrogen and oxygen atoms in total. The number of aromatic nitrogens is 3. The van der Waals surface area contributed by atoms with Gasteiger partial charge in [-0.25, -0.2) is 4.68 Å². The minimum absolute atomic E-state index is 0.227. The zero-order chi connectivity index (χ0) is 14.4. The third-order valence-corrected chi connectivity index (χ3v) is 2.87. The Balaban J connectivity index is 1.97. The Bertz CT molecular complexity index is 553. The van der Waals surface area contributed by atoms with Gasteiger partial charge in [0.2, 0.25) is 0 Å². The number of carbonyl (C=O) groups excluding carboxylic acids is 1. The van der Waals surface area contributed by atoms with Gasteiger partial charge in [-0.2, -0.15) is 0 Å². The van der Waals surface area contributed by atoms with Crippen molar-refractivity contribution in [2.45, 2.75) is 25.9 Å². The largest absolute Gasteiger partial charge is 0.391 e. The van der Waals surface area contributed by atoms with Gasteiger partial charge in [0.1, 0.15) is 0 Å². The zero-order valence-corrected chi connectivity index (χ0v) is 11.4. The van der Waals surface area contributed by atoms with Crippen molar-refractivity contribution >= 4 is 5.91 Å². The van der Waals surface area contributed by atoms with Gasteiger partial charge in [-0.3, -0.25) is 4.79 Å². The highest BCUT2D eigenvalue weighted by Gasteiger charge is 2.12. The maximum absolute atomic E-state index is 11.9. The Morgan fingerprint density at radius 1 is 1.40 bits per heavy atom. The molecule has 2 aromatic rings. The molecule has 1 atom stereocenters. The molecule has 0 aliphatic rings. The molecule has 6 heteroatoms. The summed E-state index contributed by atoms with van der Waals surface area (Å²) in [5.74, 6) is -0.331. The first-order valence-electron chi connectivity index (χ1n) is 6.64. The average Bonchev–Trinajstić information content (AvgIpc) is 2.96. The van der Waals surface area contributed by atoms with E-state index in [9.17, 15) is 9.90 Å². The monoisotopic (exact) mass is 274 g/mol. The number of hydrogen-bond donors (Lipinski definition) is 2. The molecular weight excluding hydrogens is 256 g/mol. The molecular formula is C14H18N4O2. The highest BCUT2D eigenvalue weighted by molar-refractivity contribution is 5.91. The molecule has 1 amide bonds. The number of hydrogen-bond acceptors (Lipinski definition) is 4. The predicted octanol–water partition coefficient (Wildman–Crippen LogP) is 1.16. The summed E-state index contributed by atoms with van der Waals surface area (Å²) in [6, 6.07) is 9.43. The predicted molar refractivity (Wildman–Crippen MR) is 74.6 cm³/mol. The van der Waals surface area contributed by atoms with Gasteiger partial charge in [-0.05, 0) is 18.6 Å². The van der Waals surface area contributed by atoms with Gasteiger partial charge in [-0.1, -0.05) is 36.8 Å². The highest BCUT2D eigenvalue weighted by atomic mass is 16.3. The second-order valence-corrected chi connectivity index (χ2v) is 4.54. The van der Waals surface area contributed by atoms with E-state index in [0.717, 1.165) is 12.1 Å². The first-order chi connectivity index (χ1) is 9.70. The maximum atomic E-state index is 11.9. The molecule has 0 spiro atoms. The molecule has 1 aromatic carbocycles. The Labute approximate surface area is 117 Å². The van der Waals surface area contributed by atoms with Crippen molar-refractivity contribution < 1.29 is 9.90 Å². The van der Waals surface area contributed by atoms with Gasteiger partial charge < -0.3 is 10.4 Å². The summed E-state index contributed by atoms with van der Waals surface area (Å²) in [6.45, 7) is 2.21. The number of rotatable bonds is 6. The number of nitrogens with one attached hydrogen (secondary N) is 1. The van der Waals surface area contributed by atoms with E-state index in [-0.39, 0.29) is 18.1 Å². The minimum atomic E-state index is -0.520. The summed E-state index contributed by atoms with van der Waals surface area (Å²) in [5, 5.41) is 20.0. The second kappa shape index (κ2) is 6.81. The van der Waals surface area contributed by atoms with E-state index >= 15 is 0 Å². The summed E-state index contributed by atoms with van der Waals surface area (Å²) in [6.07, 6.45) is 2.59. The summed E-state index contributed by atoms with van der Waals surface area (Å²) in [7, 11) is 0. The fourth-order valence-electron chi connectivity index (χ4n) is 1.81. The molecule has 0 aliphatic heterocycles. The van der Waals surface area contributed by atoms with Crippen molar-refractivity contribution in [2.75, 3.05) is 6.54 Å². The number of amides is 1. The van der Waals surface area contributed by atoms with E-state index in [4.69, 9.17) is 0 Å². The van der Waals surface area contributed by atoms with E-state index in [1.807, 2.05) is 37.3 Å². The van der Waals surface area contributed by atoms with Crippen molar-refractivity contribution in [1.29, 1.82) is 0 Å². The number of benzene rings is 1. The molecule has 0 fully saturated rings. The van der Waals surface area contributed by atoms with E-state index in [1.165, 1.54) is 4.68 Å². The van der Waals surface area contributed by atoms with Crippen LogP contribution in [0.3, 0.4) is 0 Å². The summed E-state index contributed by atoms with van der Waals surface area (Å²) in [4.78, 5) is 11.9. The fraction of sp³-hybridized carbons (Fsp3) is 0.357. The number of nitrogens with zero attached hydrogens (tertiary/aromatic N) is 3. The van der Waals surface area contributed by atoms with Gasteiger partial charge in [-0.15, -0.1) is 5.10 Å². The Morgan fingerprint density at radius 3 is 2.85 bits per heavy atom. The zero-order valence-electron chi connectivity index (χ0n) is 11.4. The number of aliphatic hydroxyl groups excluding tert-OH is 1. The molecule has 0 saturated heterocycles. The lowest BCUT2D eigenvalue weighted by atomic mass is 10.2. The van der Waals surface area contributed by atoms with Crippen LogP contribution in [-0.4, -0.2) is 38.7 Å². The lowest BCUT2D eigenvalue weighted by Crippen LogP contribution is -2.32. The molecule has 2 N–H and O–H groups in total. The number of carbonyl (C=O) groups is 1. The molecule has 1 heterocycles. The first kappa shape index (κ1) is 14.2. The van der Waals surface area contributed by atoms with Crippen LogP contribution in [0.1, 0.15) is 30.3 Å². The summed E-state index contributed by atoms with van der Waals surface area (Å²) >= 11 is 0. The van der Waals surface area contributed by atoms with Crippen LogP contribution in [0.4, 0.5) is 0 Å². The van der Waals surface area contributed by atoms with Gasteiger partial charge in [0.15, 0.2) is 5.69 Å². The van der Waals surface area contributed by atoms with Gasteiger partial charge in [0.05, 0.1) is 18.0 Å². The van der Waals surface area contributed by atoms with Crippen LogP contribution < -0.4 is 5.32 Å². The smallest absolute Gasteiger partial charge is 0.273 e. The van der Waals surface area contributed by atoms with E-state index in [0.29, 0.717) is 6.42 Å². The van der Waals surface area contributed by atoms with Crippen molar-refractivity contribution in [3.8, 4) is 5.69 Å². The van der Waals surface area contributed by atoms with Crippen LogP contribution in [0.5, 0.6) is 0 Å². The van der Waals surface area contributed by atoms with Crippen molar-refractivity contribution in [2.24, 2.45) is 0 Å². The molecule has 1 unspecified atom stereocenters. The number of aliphatic hydroxyl groups is 1. The van der Waals surface area contributed by atoms with Crippen LogP contribution in [0.15, 0.2) is 36.5 Å². The van der Waals surface area contributed by atoms with Crippen LogP contribution in [0.2, 0.25) is 0 Å². The highest BCUT2D eigenvalue weighted by Crippen LogP contribution is 2.05. The molecule has 1 aromatic heterocycles. The molecule has 0 radical (unpaired) electrons. The maximum Gasteiger partial charge on any atom is 0.273 e. The van der Waals surface area contributed by atoms with Crippen LogP contribution in [-0.2, 0) is 0 Å². The summed E-state index contributed by atoms with van der Waals surface area (Å²) in [5.41, 5.74) is 1.07. The SMILES string of the molecule is CCCC(O)CNC(=O)c1cn(-c2ccccc2)nn1. The third-order valence-electron chi connectivity index (χ3n) is 2.87. The van der Waals surface area contributed by atoms with E-state index < -0.39 is 6.10 Å². The Kier molecular flexibility index (Phi) is 4.84. The van der Waals surface area contributed by atoms with Crippen molar-refractivity contribution in [3.05, 3.63) is 42.2 Å². The van der Waals surface area contributed by atoms with Crippen LogP contribution in [0.25, 0.3) is 5.69 Å². The van der Waals surface area contributed by atoms with Crippen LogP contribution >= 0.6 is 0 Å². The second-order valence-electron chi connectivity index (χ2n) is 4.54. The topological polar surface area (TPSA) is 80.0 Å². The standard InChI is InChI=1S/C14H18N4O2/c1-2-6-12(19)9-15-14(20)13-10-18(17-16-13)11-7-4-3-5-8-11/h3-5,7-8,10,12,19H,2,6,9H2,1H3,(H,15,20). The van der Waals surface area contributed by atoms with Gasteiger partial charge in [0, 0.05) is 6.54 Å². The Morgan fingerprint density at radius 2 is 2.15 bits per heavy atom. The summed E-state index contributed by atoms with van der Waals surface area (Å²) < 4.78 is 1.54. The van der Waals surface area contributed by atoms with E-state index in [1.54, 1.807) is 6.20 Å². The third kappa shape index (κ3) is 3.64. The molecule has 2 rings (SSSR count). The van der Waals surface area contributed by atoms with Gasteiger partial charge in [0.25, 0.3) is 5.91 Å². The molecule has 106 valence electrons. The average molecular weight is 274 g/mol. The van der Waals surface area contributed by atoms with Crippen molar-refractivity contribution in [1.82, 2.24) is 20.3 Å². The quantitative estimate of drug-likeness (QED) is 0.828. The Hall–Kier alpha value is -2.21. The number of para-hydroxylation sites is 1. The first-order valence-corrected chi connectivity index (χ1v) is 6.64. The molecule has 0 aliphatic carbocycles. The normalized spacial score (nSPS) is 12.1. The molecule has 0 bridgehead atoms. The molecule has 0 saturated carbocycles. The minimum Gasteiger partial charge on any atom is -0.391 e. The van der Waals surface area contributed by atoms with Crippen molar-refractivity contribution in [3.63, 3.8) is 0 Å². The van der Waals surface area contributed by atoms with E-state index in [2.05, 4.69) is 15.6 Å².